The van der Waals surface area contributed by atoms with Crippen LogP contribution in [-0.4, -0.2) is 41.8 Å². The second kappa shape index (κ2) is 7.72. The van der Waals surface area contributed by atoms with Gasteiger partial charge in [0.05, 0.1) is 12.3 Å². The van der Waals surface area contributed by atoms with E-state index in [0.29, 0.717) is 5.82 Å². The van der Waals surface area contributed by atoms with Crippen LogP contribution in [0, 0.1) is 6.92 Å². The predicted octanol–water partition coefficient (Wildman–Crippen LogP) is 2.48. The molecule has 1 heterocycles. The summed E-state index contributed by atoms with van der Waals surface area (Å²) >= 11 is 0. The molecule has 0 spiro atoms. The number of carbonyl (C=O) groups is 1. The minimum atomic E-state index is -3.05. The molecule has 0 radical (unpaired) electrons. The van der Waals surface area contributed by atoms with Gasteiger partial charge in [-0.05, 0) is 24.5 Å². The first-order chi connectivity index (χ1) is 12.8. The average Bonchev–Trinajstić information content (AvgIpc) is 3.14. The number of fused-ring (bicyclic) bond motifs is 1. The normalized spacial score (nSPS) is 18.9. The van der Waals surface area contributed by atoms with E-state index in [2.05, 4.69) is 34.8 Å². The smallest absolute Gasteiger partial charge is 0.320 e. The number of nitrogens with zero attached hydrogens (tertiary/aromatic N) is 2. The van der Waals surface area contributed by atoms with Crippen LogP contribution >= 0.6 is 0 Å². The Bertz CT molecular complexity index is 936. The lowest BCUT2D eigenvalue weighted by Gasteiger charge is -2.18. The van der Waals surface area contributed by atoms with Gasteiger partial charge in [0.1, 0.15) is 0 Å². The van der Waals surface area contributed by atoms with Crippen molar-refractivity contribution >= 4 is 21.7 Å². The lowest BCUT2D eigenvalue weighted by molar-refractivity contribution is 0.247. The van der Waals surface area contributed by atoms with Gasteiger partial charge in [0.15, 0.2) is 15.7 Å². The molecule has 3 rings (SSSR count). The number of amides is 2. The van der Waals surface area contributed by atoms with Crippen molar-refractivity contribution in [3.8, 4) is 0 Å². The second-order valence-corrected chi connectivity index (χ2v) is 9.53. The average molecular weight is 391 g/mol. The van der Waals surface area contributed by atoms with Gasteiger partial charge in [-0.3, -0.25) is 10.00 Å². The van der Waals surface area contributed by atoms with Crippen molar-refractivity contribution in [1.29, 1.82) is 0 Å². The molecule has 7 nitrogen and oxygen atoms in total. The Hall–Kier alpha value is -2.35. The van der Waals surface area contributed by atoms with Gasteiger partial charge in [-0.15, -0.1) is 0 Å². The van der Waals surface area contributed by atoms with E-state index in [0.717, 1.165) is 12.0 Å². The van der Waals surface area contributed by atoms with Crippen LogP contribution in [0.1, 0.15) is 36.5 Å². The minimum Gasteiger partial charge on any atom is -0.334 e. The highest BCUT2D eigenvalue weighted by Crippen LogP contribution is 2.32. The van der Waals surface area contributed by atoms with Gasteiger partial charge in [-0.25, -0.2) is 13.2 Å². The van der Waals surface area contributed by atoms with Crippen LogP contribution in [0.5, 0.6) is 0 Å². The third-order valence-electron chi connectivity index (χ3n) is 5.15. The number of hydrogen-bond donors (Lipinski definition) is 2. The van der Waals surface area contributed by atoms with E-state index in [1.54, 1.807) is 17.8 Å². The van der Waals surface area contributed by atoms with Crippen LogP contribution < -0.4 is 10.6 Å². The van der Waals surface area contributed by atoms with E-state index >= 15 is 0 Å². The third kappa shape index (κ3) is 4.50. The highest BCUT2D eigenvalue weighted by Gasteiger charge is 2.30. The molecule has 0 saturated carbocycles. The summed E-state index contributed by atoms with van der Waals surface area (Å²) in [5, 5.41) is 10.1. The van der Waals surface area contributed by atoms with Crippen LogP contribution in [-0.2, 0) is 22.8 Å². The lowest BCUT2D eigenvalue weighted by atomic mass is 10.0. The number of anilines is 1. The number of hydrogen-bond acceptors (Lipinski definition) is 4. The van der Waals surface area contributed by atoms with Crippen molar-refractivity contribution in [2.24, 2.45) is 0 Å². The molecule has 2 amide bonds. The second-order valence-electron chi connectivity index (χ2n) is 7.06. The molecule has 1 aromatic heterocycles. The van der Waals surface area contributed by atoms with Gasteiger partial charge in [0.25, 0.3) is 0 Å². The van der Waals surface area contributed by atoms with Crippen LogP contribution in [0.25, 0.3) is 0 Å². The topological polar surface area (TPSA) is 93.1 Å². The van der Waals surface area contributed by atoms with Gasteiger partial charge in [0.2, 0.25) is 0 Å². The molecular formula is C19H26N4O3S. The fraction of sp³-hybridized carbons (Fsp3) is 0.474. The number of urea groups is 1. The Morgan fingerprint density at radius 3 is 2.78 bits per heavy atom. The molecule has 0 fully saturated rings. The lowest BCUT2D eigenvalue weighted by Crippen LogP contribution is -2.40. The molecule has 8 heteroatoms. The molecule has 0 aliphatic heterocycles. The van der Waals surface area contributed by atoms with Crippen molar-refractivity contribution in [2.45, 2.75) is 45.7 Å². The fourth-order valence-electron chi connectivity index (χ4n) is 3.42. The van der Waals surface area contributed by atoms with Crippen molar-refractivity contribution in [2.75, 3.05) is 16.8 Å². The summed E-state index contributed by atoms with van der Waals surface area (Å²) in [4.78, 5) is 12.4. The zero-order valence-corrected chi connectivity index (χ0v) is 16.7. The number of carbonyl (C=O) groups excluding carboxylic acids is 1. The fourth-order valence-corrected chi connectivity index (χ4v) is 4.17. The van der Waals surface area contributed by atoms with E-state index < -0.39 is 9.84 Å². The molecule has 1 aliphatic carbocycles. The first-order valence-corrected chi connectivity index (χ1v) is 11.0. The summed E-state index contributed by atoms with van der Waals surface area (Å²) in [7, 11) is -3.05. The number of sulfone groups is 1. The van der Waals surface area contributed by atoms with E-state index in [1.807, 2.05) is 19.1 Å². The Kier molecular flexibility index (Phi) is 5.55. The Labute approximate surface area is 160 Å². The van der Waals surface area contributed by atoms with Gasteiger partial charge >= 0.3 is 6.03 Å². The van der Waals surface area contributed by atoms with Crippen LogP contribution in [0.2, 0.25) is 0 Å². The van der Waals surface area contributed by atoms with Crippen molar-refractivity contribution in [1.82, 2.24) is 15.1 Å². The first-order valence-electron chi connectivity index (χ1n) is 9.19. The Balaban J connectivity index is 1.59. The molecule has 0 unspecified atom stereocenters. The first kappa shape index (κ1) is 19.4. The summed E-state index contributed by atoms with van der Waals surface area (Å²) in [5.41, 5.74) is 3.34. The maximum Gasteiger partial charge on any atom is 0.320 e. The number of nitrogens with one attached hydrogen (secondary N) is 2. The zero-order chi connectivity index (χ0) is 19.6. The van der Waals surface area contributed by atoms with E-state index in [4.69, 9.17) is 0 Å². The van der Waals surface area contributed by atoms with Crippen LogP contribution in [0.4, 0.5) is 10.6 Å². The summed E-state index contributed by atoms with van der Waals surface area (Å²) in [5.74, 6) is 0.853. The monoisotopic (exact) mass is 390 g/mol. The van der Waals surface area contributed by atoms with Crippen molar-refractivity contribution in [3.63, 3.8) is 0 Å². The van der Waals surface area contributed by atoms with Crippen LogP contribution in [0.3, 0.4) is 0 Å². The molecule has 1 aliphatic rings. The number of aryl methyl sites for hydroxylation is 2. The van der Waals surface area contributed by atoms with Crippen molar-refractivity contribution < 1.29 is 13.2 Å². The quantitative estimate of drug-likeness (QED) is 0.792. The molecular weight excluding hydrogens is 364 g/mol. The van der Waals surface area contributed by atoms with Gasteiger partial charge < -0.3 is 5.32 Å². The number of aromatic nitrogens is 2. The molecule has 2 atom stereocenters. The summed E-state index contributed by atoms with van der Waals surface area (Å²) in [6, 6.07) is 7.99. The van der Waals surface area contributed by atoms with E-state index in [1.165, 1.54) is 11.1 Å². The minimum absolute atomic E-state index is 0.0358. The highest BCUT2D eigenvalue weighted by molar-refractivity contribution is 7.91. The van der Waals surface area contributed by atoms with Crippen LogP contribution in [0.15, 0.2) is 30.5 Å². The molecule has 2 N–H and O–H groups in total. The summed E-state index contributed by atoms with van der Waals surface area (Å²) in [6.45, 7) is 5.85. The molecule has 2 aromatic rings. The molecule has 27 heavy (non-hydrogen) atoms. The summed E-state index contributed by atoms with van der Waals surface area (Å²) < 4.78 is 24.8. The van der Waals surface area contributed by atoms with Crippen molar-refractivity contribution in [3.05, 3.63) is 47.2 Å². The van der Waals surface area contributed by atoms with Gasteiger partial charge in [0, 0.05) is 29.5 Å². The Morgan fingerprint density at radius 2 is 2.07 bits per heavy atom. The maximum absolute atomic E-state index is 12.4. The maximum atomic E-state index is 12.4. The Morgan fingerprint density at radius 1 is 1.33 bits per heavy atom. The van der Waals surface area contributed by atoms with Gasteiger partial charge in [-0.2, -0.15) is 5.10 Å². The highest BCUT2D eigenvalue weighted by atomic mass is 32.2. The number of rotatable bonds is 6. The van der Waals surface area contributed by atoms with E-state index in [-0.39, 0.29) is 36.0 Å². The SMILES string of the molecule is CCS(=O)(=O)CCn1cc(C)c(NC(=O)N[C@@H]2Cc3ccccc3[C@@H]2C)n1. The predicted molar refractivity (Wildman–Crippen MR) is 106 cm³/mol. The molecule has 0 saturated heterocycles. The largest absolute Gasteiger partial charge is 0.334 e. The summed E-state index contributed by atoms with van der Waals surface area (Å²) in [6.07, 6.45) is 2.56. The zero-order valence-electron chi connectivity index (χ0n) is 15.9. The number of benzene rings is 1. The molecule has 146 valence electrons. The standard InChI is InChI=1S/C19H26N4O3S/c1-4-27(25,26)10-9-23-12-13(2)18(22-23)21-19(24)20-17-11-15-7-5-6-8-16(15)14(17)3/h5-8,12,14,17H,4,9-11H2,1-3H3,(H2,20,21,22,24)/t14-,17+/m0/s1. The van der Waals surface area contributed by atoms with E-state index in [9.17, 15) is 13.2 Å². The molecule has 0 bridgehead atoms. The molecule has 1 aromatic carbocycles. The van der Waals surface area contributed by atoms with Gasteiger partial charge in [-0.1, -0.05) is 38.1 Å². The third-order valence-corrected chi connectivity index (χ3v) is 6.84.